The molecule has 5 nitrogen and oxygen atoms in total. The third-order valence-electron chi connectivity index (χ3n) is 4.90. The normalized spacial score (nSPS) is 14.8. The summed E-state index contributed by atoms with van der Waals surface area (Å²) in [6.45, 7) is 2.07. The van der Waals surface area contributed by atoms with Crippen LogP contribution in [-0.2, 0) is 0 Å². The van der Waals surface area contributed by atoms with Crippen LogP contribution in [0.3, 0.4) is 0 Å². The average molecular weight is 383 g/mol. The van der Waals surface area contributed by atoms with Crippen molar-refractivity contribution >= 4 is 40.0 Å². The number of methoxy groups -OCH3 is 1. The summed E-state index contributed by atoms with van der Waals surface area (Å²) in [6, 6.07) is 13.8. The van der Waals surface area contributed by atoms with Crippen LogP contribution in [-0.4, -0.2) is 30.2 Å². The Morgan fingerprint density at radius 2 is 1.78 bits per heavy atom. The molecule has 1 aliphatic heterocycles. The highest BCUT2D eigenvalue weighted by Gasteiger charge is 2.16. The fraction of sp³-hybridized carbons (Fsp3) is 0.333. The number of para-hydroxylation sites is 1. The van der Waals surface area contributed by atoms with E-state index >= 15 is 0 Å². The largest absolute Gasteiger partial charge is 0.495 e. The van der Waals surface area contributed by atoms with E-state index in [2.05, 4.69) is 16.3 Å². The Morgan fingerprint density at radius 3 is 2.52 bits per heavy atom. The lowest BCUT2D eigenvalue weighted by molar-refractivity contribution is 0.415. The van der Waals surface area contributed by atoms with Gasteiger partial charge in [0, 0.05) is 24.2 Å². The van der Waals surface area contributed by atoms with E-state index in [4.69, 9.17) is 26.3 Å². The van der Waals surface area contributed by atoms with E-state index in [1.807, 2.05) is 36.4 Å². The molecule has 4 rings (SSSR count). The van der Waals surface area contributed by atoms with Crippen LogP contribution in [0, 0.1) is 0 Å². The standard InChI is InChI=1S/C21H23ClN4O/c1-27-19-11-10-15(14-17(19)22)23-21-24-18-9-5-4-8-16(18)20(25-21)26-12-6-2-3-7-13-26/h4-5,8-11,14H,2-3,6-7,12-13H2,1H3,(H,23,24,25). The van der Waals surface area contributed by atoms with E-state index in [-0.39, 0.29) is 0 Å². The van der Waals surface area contributed by atoms with Crippen LogP contribution < -0.4 is 15.0 Å². The van der Waals surface area contributed by atoms with Gasteiger partial charge in [0.25, 0.3) is 0 Å². The first kappa shape index (κ1) is 17.9. The van der Waals surface area contributed by atoms with Crippen molar-refractivity contribution in [3.8, 4) is 5.75 Å². The first-order valence-electron chi connectivity index (χ1n) is 9.37. The molecule has 0 unspecified atom stereocenters. The number of ether oxygens (including phenoxy) is 1. The maximum atomic E-state index is 6.25. The van der Waals surface area contributed by atoms with Gasteiger partial charge in [0.05, 0.1) is 17.6 Å². The lowest BCUT2D eigenvalue weighted by atomic mass is 10.2. The molecule has 0 radical (unpaired) electrons. The van der Waals surface area contributed by atoms with Crippen LogP contribution >= 0.6 is 11.6 Å². The van der Waals surface area contributed by atoms with Gasteiger partial charge in [-0.15, -0.1) is 0 Å². The molecule has 1 N–H and O–H groups in total. The Kier molecular flexibility index (Phi) is 5.30. The van der Waals surface area contributed by atoms with Crippen molar-refractivity contribution in [2.24, 2.45) is 0 Å². The molecule has 0 atom stereocenters. The third kappa shape index (κ3) is 3.93. The van der Waals surface area contributed by atoms with Crippen molar-refractivity contribution in [2.75, 3.05) is 30.4 Å². The van der Waals surface area contributed by atoms with Crippen molar-refractivity contribution < 1.29 is 4.74 Å². The Hall–Kier alpha value is -2.53. The van der Waals surface area contributed by atoms with E-state index in [1.165, 1.54) is 25.7 Å². The van der Waals surface area contributed by atoms with Gasteiger partial charge in [0.1, 0.15) is 11.6 Å². The number of hydrogen-bond acceptors (Lipinski definition) is 5. The van der Waals surface area contributed by atoms with Crippen molar-refractivity contribution in [2.45, 2.75) is 25.7 Å². The number of hydrogen-bond donors (Lipinski definition) is 1. The summed E-state index contributed by atoms with van der Waals surface area (Å²) in [5, 5.41) is 4.94. The predicted molar refractivity (Wildman–Crippen MR) is 112 cm³/mol. The maximum Gasteiger partial charge on any atom is 0.229 e. The van der Waals surface area contributed by atoms with Gasteiger partial charge in [-0.1, -0.05) is 36.6 Å². The van der Waals surface area contributed by atoms with Crippen LogP contribution in [0.15, 0.2) is 42.5 Å². The fourth-order valence-corrected chi connectivity index (χ4v) is 3.77. The van der Waals surface area contributed by atoms with Crippen LogP contribution in [0.5, 0.6) is 5.75 Å². The quantitative estimate of drug-likeness (QED) is 0.653. The zero-order valence-electron chi connectivity index (χ0n) is 15.4. The lowest BCUT2D eigenvalue weighted by Crippen LogP contribution is -2.25. The Labute approximate surface area is 164 Å². The van der Waals surface area contributed by atoms with Crippen LogP contribution in [0.1, 0.15) is 25.7 Å². The minimum absolute atomic E-state index is 0.552. The topological polar surface area (TPSA) is 50.3 Å². The number of halogens is 1. The monoisotopic (exact) mass is 382 g/mol. The van der Waals surface area contributed by atoms with E-state index in [1.54, 1.807) is 7.11 Å². The molecule has 0 spiro atoms. The Bertz CT molecular complexity index is 939. The van der Waals surface area contributed by atoms with Crippen LogP contribution in [0.25, 0.3) is 10.9 Å². The summed E-state index contributed by atoms with van der Waals surface area (Å²) < 4.78 is 5.22. The van der Waals surface area contributed by atoms with Gasteiger partial charge in [-0.25, -0.2) is 4.98 Å². The van der Waals surface area contributed by atoms with Crippen LogP contribution in [0.2, 0.25) is 5.02 Å². The zero-order valence-corrected chi connectivity index (χ0v) is 16.2. The smallest absolute Gasteiger partial charge is 0.229 e. The van der Waals surface area contributed by atoms with Crippen LogP contribution in [0.4, 0.5) is 17.5 Å². The van der Waals surface area contributed by atoms with Gasteiger partial charge in [-0.2, -0.15) is 4.98 Å². The number of anilines is 3. The van der Waals surface area contributed by atoms with Crippen molar-refractivity contribution in [1.29, 1.82) is 0 Å². The molecule has 0 amide bonds. The van der Waals surface area contributed by atoms with Gasteiger partial charge in [-0.05, 0) is 43.2 Å². The molecule has 0 aliphatic carbocycles. The van der Waals surface area contributed by atoms with Crippen molar-refractivity contribution in [3.63, 3.8) is 0 Å². The summed E-state index contributed by atoms with van der Waals surface area (Å²) >= 11 is 6.25. The molecule has 1 aromatic heterocycles. The van der Waals surface area contributed by atoms with Crippen molar-refractivity contribution in [1.82, 2.24) is 9.97 Å². The Morgan fingerprint density at radius 1 is 1.00 bits per heavy atom. The number of fused-ring (bicyclic) bond motifs is 1. The SMILES string of the molecule is COc1ccc(Nc2nc(N3CCCCCC3)c3ccccc3n2)cc1Cl. The first-order valence-corrected chi connectivity index (χ1v) is 9.75. The number of rotatable bonds is 4. The molecule has 6 heteroatoms. The maximum absolute atomic E-state index is 6.25. The summed E-state index contributed by atoms with van der Waals surface area (Å²) in [5.41, 5.74) is 1.77. The van der Waals surface area contributed by atoms with Gasteiger partial charge in [-0.3, -0.25) is 0 Å². The molecule has 140 valence electrons. The summed E-state index contributed by atoms with van der Waals surface area (Å²) in [5.74, 6) is 2.23. The summed E-state index contributed by atoms with van der Waals surface area (Å²) in [7, 11) is 1.61. The molecule has 3 aromatic rings. The molecule has 0 bridgehead atoms. The van der Waals surface area contributed by atoms with E-state index in [0.29, 0.717) is 16.7 Å². The van der Waals surface area contributed by atoms with Crippen molar-refractivity contribution in [3.05, 3.63) is 47.5 Å². The van der Waals surface area contributed by atoms with Gasteiger partial charge < -0.3 is 15.0 Å². The second kappa shape index (κ2) is 8.01. The average Bonchev–Trinajstić information content (AvgIpc) is 2.97. The lowest BCUT2D eigenvalue weighted by Gasteiger charge is -2.23. The number of benzene rings is 2. The summed E-state index contributed by atoms with van der Waals surface area (Å²) in [4.78, 5) is 12.0. The molecule has 0 saturated carbocycles. The van der Waals surface area contributed by atoms with Gasteiger partial charge in [0.2, 0.25) is 5.95 Å². The third-order valence-corrected chi connectivity index (χ3v) is 5.19. The molecular formula is C21H23ClN4O. The minimum Gasteiger partial charge on any atom is -0.495 e. The Balaban J connectivity index is 1.71. The second-order valence-corrected chi connectivity index (χ2v) is 7.17. The highest BCUT2D eigenvalue weighted by atomic mass is 35.5. The highest BCUT2D eigenvalue weighted by molar-refractivity contribution is 6.32. The predicted octanol–water partition coefficient (Wildman–Crippen LogP) is 5.42. The molecule has 1 aliphatic rings. The summed E-state index contributed by atoms with van der Waals surface area (Å²) in [6.07, 6.45) is 4.98. The fourth-order valence-electron chi connectivity index (χ4n) is 3.51. The first-order chi connectivity index (χ1) is 13.2. The second-order valence-electron chi connectivity index (χ2n) is 6.76. The number of nitrogens with one attached hydrogen (secondary N) is 1. The minimum atomic E-state index is 0.552. The highest BCUT2D eigenvalue weighted by Crippen LogP contribution is 2.31. The number of nitrogens with zero attached hydrogens (tertiary/aromatic N) is 3. The molecule has 2 aromatic carbocycles. The van der Waals surface area contributed by atoms with E-state index < -0.39 is 0 Å². The molecule has 27 heavy (non-hydrogen) atoms. The number of aromatic nitrogens is 2. The molecule has 2 heterocycles. The molecule has 1 saturated heterocycles. The van der Waals surface area contributed by atoms with Gasteiger partial charge >= 0.3 is 0 Å². The molecular weight excluding hydrogens is 360 g/mol. The molecule has 1 fully saturated rings. The zero-order chi connectivity index (χ0) is 18.6. The van der Waals surface area contributed by atoms with E-state index in [9.17, 15) is 0 Å². The van der Waals surface area contributed by atoms with Gasteiger partial charge in [0.15, 0.2) is 0 Å². The van der Waals surface area contributed by atoms with E-state index in [0.717, 1.165) is 35.5 Å².